The first kappa shape index (κ1) is 15.4. The average Bonchev–Trinajstić information content (AvgIpc) is 2.45. The van der Waals surface area contributed by atoms with Crippen molar-refractivity contribution in [3.05, 3.63) is 34.3 Å². The third-order valence-corrected chi connectivity index (χ3v) is 5.83. The van der Waals surface area contributed by atoms with E-state index in [1.54, 1.807) is 0 Å². The number of rotatable bonds is 5. The summed E-state index contributed by atoms with van der Waals surface area (Å²) in [6, 6.07) is 8.42. The number of halogens is 1. The Kier molecular flexibility index (Phi) is 6.20. The van der Waals surface area contributed by atoms with Gasteiger partial charge in [0, 0.05) is 41.2 Å². The zero-order valence-electron chi connectivity index (χ0n) is 11.5. The molecule has 2 atom stereocenters. The second-order valence-corrected chi connectivity index (χ2v) is 7.38. The Morgan fingerprint density at radius 3 is 3.00 bits per heavy atom. The molecule has 1 fully saturated rings. The fourth-order valence-corrected chi connectivity index (χ4v) is 4.31. The van der Waals surface area contributed by atoms with E-state index in [0.29, 0.717) is 0 Å². The van der Waals surface area contributed by atoms with E-state index in [2.05, 4.69) is 57.7 Å². The lowest BCUT2D eigenvalue weighted by Crippen LogP contribution is -2.39. The number of nitrogens with zero attached hydrogens (tertiary/aromatic N) is 1. The molecule has 1 heterocycles. The Morgan fingerprint density at radius 2 is 2.26 bits per heavy atom. The van der Waals surface area contributed by atoms with E-state index in [0.717, 1.165) is 22.7 Å². The molecule has 2 N–H and O–H groups in total. The second-order valence-electron chi connectivity index (χ2n) is 5.12. The van der Waals surface area contributed by atoms with Gasteiger partial charge in [0.05, 0.1) is 0 Å². The van der Waals surface area contributed by atoms with Crippen molar-refractivity contribution in [3.63, 3.8) is 0 Å². The van der Waals surface area contributed by atoms with Gasteiger partial charge in [0.1, 0.15) is 0 Å². The molecule has 0 spiro atoms. The molecule has 2 nitrogen and oxygen atoms in total. The maximum atomic E-state index is 6.32. The van der Waals surface area contributed by atoms with Crippen molar-refractivity contribution in [1.29, 1.82) is 0 Å². The SMILES string of the molecule is CCC1CN(CCC(N)c2ccccc2Br)CCS1. The standard InChI is InChI=1S/C15H23BrN2S/c1-2-12-11-18(9-10-19-12)8-7-15(17)13-5-3-4-6-14(13)16/h3-6,12,15H,2,7-11,17H2,1H3. The van der Waals surface area contributed by atoms with Gasteiger partial charge >= 0.3 is 0 Å². The van der Waals surface area contributed by atoms with Crippen molar-refractivity contribution in [2.75, 3.05) is 25.4 Å². The van der Waals surface area contributed by atoms with Crippen LogP contribution < -0.4 is 5.73 Å². The number of thioether (sulfide) groups is 1. The Morgan fingerprint density at radius 1 is 1.47 bits per heavy atom. The molecule has 0 bridgehead atoms. The lowest BCUT2D eigenvalue weighted by Gasteiger charge is -2.32. The van der Waals surface area contributed by atoms with Crippen molar-refractivity contribution >= 4 is 27.7 Å². The summed E-state index contributed by atoms with van der Waals surface area (Å²) in [7, 11) is 0. The molecular formula is C15H23BrN2S. The Balaban J connectivity index is 1.83. The molecule has 0 aromatic heterocycles. The minimum Gasteiger partial charge on any atom is -0.324 e. The van der Waals surface area contributed by atoms with Crippen LogP contribution in [0.3, 0.4) is 0 Å². The van der Waals surface area contributed by atoms with Gasteiger partial charge in [-0.05, 0) is 24.5 Å². The molecule has 1 saturated heterocycles. The summed E-state index contributed by atoms with van der Waals surface area (Å²) < 4.78 is 1.13. The molecule has 0 radical (unpaired) electrons. The zero-order chi connectivity index (χ0) is 13.7. The third kappa shape index (κ3) is 4.48. The van der Waals surface area contributed by atoms with Crippen LogP contribution in [0.4, 0.5) is 0 Å². The third-order valence-electron chi connectivity index (χ3n) is 3.74. The van der Waals surface area contributed by atoms with Crippen molar-refractivity contribution in [2.45, 2.75) is 31.1 Å². The summed E-state index contributed by atoms with van der Waals surface area (Å²) in [6.45, 7) is 5.83. The molecule has 0 aliphatic carbocycles. The molecule has 1 aromatic rings. The summed E-state index contributed by atoms with van der Waals surface area (Å²) in [5, 5.41) is 0.813. The number of hydrogen-bond donors (Lipinski definition) is 1. The van der Waals surface area contributed by atoms with E-state index in [1.807, 2.05) is 6.07 Å². The van der Waals surface area contributed by atoms with E-state index in [9.17, 15) is 0 Å². The summed E-state index contributed by atoms with van der Waals surface area (Å²) in [5.74, 6) is 1.27. The number of nitrogens with two attached hydrogens (primary N) is 1. The van der Waals surface area contributed by atoms with Gasteiger partial charge in [-0.25, -0.2) is 0 Å². The van der Waals surface area contributed by atoms with Gasteiger partial charge in [0.15, 0.2) is 0 Å². The monoisotopic (exact) mass is 342 g/mol. The van der Waals surface area contributed by atoms with Crippen molar-refractivity contribution < 1.29 is 0 Å². The molecule has 19 heavy (non-hydrogen) atoms. The zero-order valence-corrected chi connectivity index (χ0v) is 13.9. The van der Waals surface area contributed by atoms with Crippen molar-refractivity contribution in [2.24, 2.45) is 5.73 Å². The Labute approximate surface area is 129 Å². The van der Waals surface area contributed by atoms with Crippen molar-refractivity contribution in [3.8, 4) is 0 Å². The molecule has 0 amide bonds. The maximum absolute atomic E-state index is 6.32. The molecule has 1 aromatic carbocycles. The van der Waals surface area contributed by atoms with Crippen LogP contribution in [-0.2, 0) is 0 Å². The molecule has 2 unspecified atom stereocenters. The van der Waals surface area contributed by atoms with Gasteiger partial charge in [-0.3, -0.25) is 0 Å². The first-order chi connectivity index (χ1) is 9.20. The van der Waals surface area contributed by atoms with E-state index in [1.165, 1.54) is 30.8 Å². The van der Waals surface area contributed by atoms with Crippen LogP contribution in [-0.4, -0.2) is 35.5 Å². The molecule has 4 heteroatoms. The van der Waals surface area contributed by atoms with Gasteiger partial charge in [-0.15, -0.1) is 0 Å². The molecule has 2 rings (SSSR count). The van der Waals surface area contributed by atoms with Crippen LogP contribution in [0, 0.1) is 0 Å². The van der Waals surface area contributed by atoms with E-state index >= 15 is 0 Å². The topological polar surface area (TPSA) is 29.3 Å². The molecule has 106 valence electrons. The lowest BCUT2D eigenvalue weighted by molar-refractivity contribution is 0.270. The Bertz CT molecular complexity index is 399. The van der Waals surface area contributed by atoms with Gasteiger partial charge < -0.3 is 10.6 Å². The highest BCUT2D eigenvalue weighted by atomic mass is 79.9. The molecule has 1 aliphatic heterocycles. The van der Waals surface area contributed by atoms with Crippen LogP contribution in [0.1, 0.15) is 31.4 Å². The normalized spacial score (nSPS) is 22.4. The fourth-order valence-electron chi connectivity index (χ4n) is 2.48. The highest BCUT2D eigenvalue weighted by molar-refractivity contribution is 9.10. The summed E-state index contributed by atoms with van der Waals surface area (Å²) in [4.78, 5) is 2.57. The van der Waals surface area contributed by atoms with E-state index < -0.39 is 0 Å². The van der Waals surface area contributed by atoms with Gasteiger partial charge in [0.2, 0.25) is 0 Å². The number of hydrogen-bond acceptors (Lipinski definition) is 3. The molecule has 1 aliphatic rings. The summed E-state index contributed by atoms with van der Waals surface area (Å²) in [6.07, 6.45) is 2.31. The highest BCUT2D eigenvalue weighted by Crippen LogP contribution is 2.25. The predicted octanol–water partition coefficient (Wildman–Crippen LogP) is 3.67. The quantitative estimate of drug-likeness (QED) is 0.885. The van der Waals surface area contributed by atoms with Gasteiger partial charge in [-0.1, -0.05) is 41.1 Å². The smallest absolute Gasteiger partial charge is 0.0318 e. The van der Waals surface area contributed by atoms with Crippen LogP contribution in [0.2, 0.25) is 0 Å². The molecule has 0 saturated carbocycles. The van der Waals surface area contributed by atoms with Gasteiger partial charge in [-0.2, -0.15) is 11.8 Å². The summed E-state index contributed by atoms with van der Waals surface area (Å²) >= 11 is 5.71. The van der Waals surface area contributed by atoms with Crippen LogP contribution in [0.15, 0.2) is 28.7 Å². The van der Waals surface area contributed by atoms with Crippen LogP contribution in [0.25, 0.3) is 0 Å². The predicted molar refractivity (Wildman–Crippen MR) is 88.7 cm³/mol. The van der Waals surface area contributed by atoms with Crippen LogP contribution in [0.5, 0.6) is 0 Å². The fraction of sp³-hybridized carbons (Fsp3) is 0.600. The average molecular weight is 343 g/mol. The first-order valence-corrected chi connectivity index (χ1v) is 8.89. The minimum atomic E-state index is 0.130. The summed E-state index contributed by atoms with van der Waals surface area (Å²) in [5.41, 5.74) is 7.54. The lowest BCUT2D eigenvalue weighted by atomic mass is 10.0. The minimum absolute atomic E-state index is 0.130. The maximum Gasteiger partial charge on any atom is 0.0318 e. The van der Waals surface area contributed by atoms with Crippen molar-refractivity contribution in [1.82, 2.24) is 4.90 Å². The van der Waals surface area contributed by atoms with Crippen LogP contribution >= 0.6 is 27.7 Å². The first-order valence-electron chi connectivity index (χ1n) is 7.04. The van der Waals surface area contributed by atoms with E-state index in [4.69, 9.17) is 5.73 Å². The number of benzene rings is 1. The molecular weight excluding hydrogens is 320 g/mol. The largest absolute Gasteiger partial charge is 0.324 e. The second kappa shape index (κ2) is 7.67. The highest BCUT2D eigenvalue weighted by Gasteiger charge is 2.19. The van der Waals surface area contributed by atoms with Gasteiger partial charge in [0.25, 0.3) is 0 Å². The van der Waals surface area contributed by atoms with E-state index in [-0.39, 0.29) is 6.04 Å². The Hall–Kier alpha value is -0.0300.